The van der Waals surface area contributed by atoms with Gasteiger partial charge in [0.25, 0.3) is 0 Å². The van der Waals surface area contributed by atoms with E-state index in [0.29, 0.717) is 6.04 Å². The second-order valence-electron chi connectivity index (χ2n) is 4.83. The van der Waals surface area contributed by atoms with Crippen molar-refractivity contribution in [1.29, 1.82) is 0 Å². The Kier molecular flexibility index (Phi) is 3.92. The van der Waals surface area contributed by atoms with Crippen LogP contribution in [0.5, 0.6) is 0 Å². The summed E-state index contributed by atoms with van der Waals surface area (Å²) in [7, 11) is 0. The molecule has 1 N–H and O–H groups in total. The lowest BCUT2D eigenvalue weighted by Crippen LogP contribution is -2.31. The second kappa shape index (κ2) is 5.82. The molecule has 0 spiro atoms. The second-order valence-corrected chi connectivity index (χ2v) is 5.89. The van der Waals surface area contributed by atoms with Gasteiger partial charge in [-0.1, -0.05) is 24.3 Å². The van der Waals surface area contributed by atoms with Crippen molar-refractivity contribution in [3.63, 3.8) is 0 Å². The molecule has 0 saturated heterocycles. The summed E-state index contributed by atoms with van der Waals surface area (Å²) in [5, 5.41) is 6.86. The molecule has 0 bridgehead atoms. The Balaban J connectivity index is 1.59. The summed E-state index contributed by atoms with van der Waals surface area (Å²) < 4.78 is 5.64. The highest BCUT2D eigenvalue weighted by Gasteiger charge is 2.19. The Morgan fingerprint density at radius 1 is 1.42 bits per heavy atom. The van der Waals surface area contributed by atoms with E-state index in [1.54, 1.807) is 11.3 Å². The predicted octanol–water partition coefficient (Wildman–Crippen LogP) is 2.86. The van der Waals surface area contributed by atoms with Gasteiger partial charge in [-0.2, -0.15) is 0 Å². The van der Waals surface area contributed by atoms with E-state index < -0.39 is 0 Å². The van der Waals surface area contributed by atoms with Gasteiger partial charge in [0, 0.05) is 18.3 Å². The summed E-state index contributed by atoms with van der Waals surface area (Å²) in [5.74, 6) is 0. The van der Waals surface area contributed by atoms with Crippen molar-refractivity contribution in [3.05, 3.63) is 51.5 Å². The summed E-state index contributed by atoms with van der Waals surface area (Å²) in [6.45, 7) is 4.48. The van der Waals surface area contributed by atoms with Crippen molar-refractivity contribution in [3.8, 4) is 0 Å². The summed E-state index contributed by atoms with van der Waals surface area (Å²) in [6, 6.07) is 8.82. The molecule has 19 heavy (non-hydrogen) atoms. The van der Waals surface area contributed by atoms with Crippen LogP contribution in [0.1, 0.15) is 27.9 Å². The van der Waals surface area contributed by atoms with Crippen molar-refractivity contribution in [2.75, 3.05) is 13.2 Å². The first-order valence-corrected chi connectivity index (χ1v) is 7.51. The lowest BCUT2D eigenvalue weighted by molar-refractivity contribution is 0.0823. The molecule has 0 radical (unpaired) electrons. The van der Waals surface area contributed by atoms with Crippen LogP contribution >= 0.6 is 11.3 Å². The first-order valence-electron chi connectivity index (χ1n) is 6.63. The normalized spacial score (nSPS) is 18.3. The van der Waals surface area contributed by atoms with Crippen molar-refractivity contribution in [2.45, 2.75) is 26.0 Å². The zero-order valence-electron chi connectivity index (χ0n) is 11.1. The molecule has 100 valence electrons. The number of benzene rings is 1. The standard InChI is InChI=1S/C15H18N2OS/c1-11-17-13(10-19-11)6-7-16-15-9-18-8-12-4-2-3-5-14(12)15/h2-5,10,15-16H,6-9H2,1H3. The Hall–Kier alpha value is -1.23. The van der Waals surface area contributed by atoms with E-state index >= 15 is 0 Å². The van der Waals surface area contributed by atoms with E-state index in [9.17, 15) is 0 Å². The average molecular weight is 274 g/mol. The first-order chi connectivity index (χ1) is 9.33. The van der Waals surface area contributed by atoms with Crippen LogP contribution in [0.2, 0.25) is 0 Å². The number of rotatable bonds is 4. The minimum atomic E-state index is 0.310. The molecule has 1 aromatic carbocycles. The highest BCUT2D eigenvalue weighted by atomic mass is 32.1. The monoisotopic (exact) mass is 274 g/mol. The van der Waals surface area contributed by atoms with E-state index in [1.165, 1.54) is 16.8 Å². The molecule has 1 aliphatic heterocycles. The van der Waals surface area contributed by atoms with Gasteiger partial charge in [-0.05, 0) is 18.1 Å². The zero-order valence-corrected chi connectivity index (χ0v) is 11.9. The highest BCUT2D eigenvalue weighted by molar-refractivity contribution is 7.09. The maximum Gasteiger partial charge on any atom is 0.0897 e. The Labute approximate surface area is 117 Å². The number of aryl methyl sites for hydroxylation is 1. The lowest BCUT2D eigenvalue weighted by Gasteiger charge is -2.26. The SMILES string of the molecule is Cc1nc(CCNC2COCc3ccccc32)cs1. The maximum atomic E-state index is 5.64. The Morgan fingerprint density at radius 2 is 2.32 bits per heavy atom. The molecule has 0 saturated carbocycles. The van der Waals surface area contributed by atoms with Crippen molar-refractivity contribution in [1.82, 2.24) is 10.3 Å². The van der Waals surface area contributed by atoms with Gasteiger partial charge in [0.1, 0.15) is 0 Å². The zero-order chi connectivity index (χ0) is 13.1. The third kappa shape index (κ3) is 3.03. The van der Waals surface area contributed by atoms with Crippen LogP contribution in [0, 0.1) is 6.92 Å². The minimum absolute atomic E-state index is 0.310. The third-order valence-electron chi connectivity index (χ3n) is 3.41. The topological polar surface area (TPSA) is 34.2 Å². The van der Waals surface area contributed by atoms with E-state index in [4.69, 9.17) is 4.74 Å². The van der Waals surface area contributed by atoms with E-state index in [-0.39, 0.29) is 0 Å². The summed E-state index contributed by atoms with van der Waals surface area (Å²) in [6.07, 6.45) is 0.975. The fraction of sp³-hybridized carbons (Fsp3) is 0.400. The van der Waals surface area contributed by atoms with Crippen LogP contribution in [-0.4, -0.2) is 18.1 Å². The number of nitrogens with one attached hydrogen (secondary N) is 1. The van der Waals surface area contributed by atoms with Crippen molar-refractivity contribution in [2.24, 2.45) is 0 Å². The molecule has 1 aromatic heterocycles. The summed E-state index contributed by atoms with van der Waals surface area (Å²) >= 11 is 1.72. The molecule has 1 aliphatic rings. The van der Waals surface area contributed by atoms with Crippen LogP contribution in [0.3, 0.4) is 0 Å². The molecule has 3 rings (SSSR count). The molecule has 2 heterocycles. The maximum absolute atomic E-state index is 5.64. The van der Waals surface area contributed by atoms with E-state index in [0.717, 1.165) is 31.2 Å². The van der Waals surface area contributed by atoms with Crippen molar-refractivity contribution < 1.29 is 4.74 Å². The number of ether oxygens (including phenoxy) is 1. The molecular weight excluding hydrogens is 256 g/mol. The number of fused-ring (bicyclic) bond motifs is 1. The Bertz CT molecular complexity index is 553. The van der Waals surface area contributed by atoms with Gasteiger partial charge in [-0.3, -0.25) is 0 Å². The average Bonchev–Trinajstić information content (AvgIpc) is 2.85. The van der Waals surface area contributed by atoms with Gasteiger partial charge >= 0.3 is 0 Å². The van der Waals surface area contributed by atoms with Crippen LogP contribution in [0.4, 0.5) is 0 Å². The summed E-state index contributed by atoms with van der Waals surface area (Å²) in [4.78, 5) is 4.48. The number of hydrogen-bond acceptors (Lipinski definition) is 4. The fourth-order valence-corrected chi connectivity index (χ4v) is 3.10. The fourth-order valence-electron chi connectivity index (χ4n) is 2.45. The van der Waals surface area contributed by atoms with Gasteiger partial charge < -0.3 is 10.1 Å². The molecule has 0 aliphatic carbocycles. The van der Waals surface area contributed by atoms with Gasteiger partial charge in [0.15, 0.2) is 0 Å². The smallest absolute Gasteiger partial charge is 0.0897 e. The van der Waals surface area contributed by atoms with E-state index in [1.807, 2.05) is 6.92 Å². The highest BCUT2D eigenvalue weighted by Crippen LogP contribution is 2.24. The number of thiazole rings is 1. The van der Waals surface area contributed by atoms with Gasteiger partial charge in [-0.25, -0.2) is 4.98 Å². The molecule has 1 atom stereocenters. The summed E-state index contributed by atoms with van der Waals surface area (Å²) in [5.41, 5.74) is 3.86. The number of aromatic nitrogens is 1. The van der Waals surface area contributed by atoms with Crippen molar-refractivity contribution >= 4 is 11.3 Å². The molecule has 4 heteroatoms. The lowest BCUT2D eigenvalue weighted by atomic mass is 9.99. The van der Waals surface area contributed by atoms with Gasteiger partial charge in [-0.15, -0.1) is 11.3 Å². The molecule has 0 fully saturated rings. The van der Waals surface area contributed by atoms with Crippen LogP contribution in [-0.2, 0) is 17.8 Å². The van der Waals surface area contributed by atoms with Crippen LogP contribution in [0.25, 0.3) is 0 Å². The minimum Gasteiger partial charge on any atom is -0.375 e. The van der Waals surface area contributed by atoms with Crippen LogP contribution < -0.4 is 5.32 Å². The quantitative estimate of drug-likeness (QED) is 0.931. The van der Waals surface area contributed by atoms with Gasteiger partial charge in [0.05, 0.1) is 30.0 Å². The number of nitrogens with zero attached hydrogens (tertiary/aromatic N) is 1. The molecule has 3 nitrogen and oxygen atoms in total. The van der Waals surface area contributed by atoms with Crippen LogP contribution in [0.15, 0.2) is 29.6 Å². The molecule has 2 aromatic rings. The van der Waals surface area contributed by atoms with Gasteiger partial charge in [0.2, 0.25) is 0 Å². The first kappa shape index (κ1) is 12.8. The largest absolute Gasteiger partial charge is 0.375 e. The Morgan fingerprint density at radius 3 is 3.16 bits per heavy atom. The predicted molar refractivity (Wildman–Crippen MR) is 77.4 cm³/mol. The number of hydrogen-bond donors (Lipinski definition) is 1. The molecule has 1 unspecified atom stereocenters. The third-order valence-corrected chi connectivity index (χ3v) is 4.23. The molecular formula is C15H18N2OS. The van der Waals surface area contributed by atoms with E-state index in [2.05, 4.69) is 39.9 Å². The molecule has 0 amide bonds.